The molecule has 0 saturated heterocycles. The summed E-state index contributed by atoms with van der Waals surface area (Å²) in [6.07, 6.45) is 8.00. The van der Waals surface area contributed by atoms with Crippen molar-refractivity contribution in [3.05, 3.63) is 42.0 Å². The Balaban J connectivity index is 2.02. The fourth-order valence-corrected chi connectivity index (χ4v) is 1.72. The molecular formula is C14H16N4. The third-order valence-electron chi connectivity index (χ3n) is 2.61. The molecular weight excluding hydrogens is 224 g/mol. The number of aryl methyl sites for hydroxylation is 1. The van der Waals surface area contributed by atoms with E-state index in [4.69, 9.17) is 6.42 Å². The van der Waals surface area contributed by atoms with Gasteiger partial charge in [-0.25, -0.2) is 9.67 Å². The topological polar surface area (TPSA) is 42.7 Å². The zero-order chi connectivity index (χ0) is 12.8. The number of rotatable bonds is 5. The summed E-state index contributed by atoms with van der Waals surface area (Å²) in [5, 5.41) is 7.49. The molecule has 1 aromatic carbocycles. The highest BCUT2D eigenvalue weighted by molar-refractivity contribution is 5.49. The van der Waals surface area contributed by atoms with Gasteiger partial charge in [-0.2, -0.15) is 5.10 Å². The van der Waals surface area contributed by atoms with E-state index in [1.165, 1.54) is 0 Å². The Hall–Kier alpha value is -2.28. The number of nitrogens with one attached hydrogen (secondary N) is 1. The molecule has 18 heavy (non-hydrogen) atoms. The average molecular weight is 240 g/mol. The van der Waals surface area contributed by atoms with Crippen LogP contribution in [-0.2, 0) is 13.1 Å². The second-order valence-corrected chi connectivity index (χ2v) is 3.98. The Morgan fingerprint density at radius 3 is 3.11 bits per heavy atom. The summed E-state index contributed by atoms with van der Waals surface area (Å²) in [4.78, 5) is 4.24. The number of hydrogen-bond acceptors (Lipinski definition) is 3. The molecule has 2 aromatic rings. The third kappa shape index (κ3) is 2.89. The van der Waals surface area contributed by atoms with Crippen molar-refractivity contribution in [2.75, 3.05) is 5.32 Å². The Morgan fingerprint density at radius 2 is 2.33 bits per heavy atom. The zero-order valence-electron chi connectivity index (χ0n) is 10.4. The van der Waals surface area contributed by atoms with Crippen molar-refractivity contribution in [1.29, 1.82) is 0 Å². The molecule has 0 radical (unpaired) electrons. The summed E-state index contributed by atoms with van der Waals surface area (Å²) < 4.78 is 1.91. The van der Waals surface area contributed by atoms with Crippen LogP contribution >= 0.6 is 0 Å². The molecule has 1 aromatic heterocycles. The number of nitrogens with zero attached hydrogens (tertiary/aromatic N) is 3. The van der Waals surface area contributed by atoms with Crippen molar-refractivity contribution in [2.45, 2.75) is 26.4 Å². The number of hydrogen-bond donors (Lipinski definition) is 1. The Kier molecular flexibility index (Phi) is 3.98. The van der Waals surface area contributed by atoms with Gasteiger partial charge in [0, 0.05) is 17.8 Å². The van der Waals surface area contributed by atoms with Crippen molar-refractivity contribution >= 4 is 5.69 Å². The molecule has 0 bridgehead atoms. The lowest BCUT2D eigenvalue weighted by Crippen LogP contribution is -2.10. The van der Waals surface area contributed by atoms with Gasteiger partial charge in [0.1, 0.15) is 12.2 Å². The molecule has 4 nitrogen and oxygen atoms in total. The minimum atomic E-state index is 0.647. The summed E-state index contributed by atoms with van der Waals surface area (Å²) in [5.41, 5.74) is 1.87. The van der Waals surface area contributed by atoms with E-state index in [2.05, 4.69) is 28.2 Å². The normalized spacial score (nSPS) is 10.0. The molecule has 1 N–H and O–H groups in total. The van der Waals surface area contributed by atoms with Gasteiger partial charge in [-0.1, -0.05) is 18.9 Å². The van der Waals surface area contributed by atoms with E-state index in [1.807, 2.05) is 28.9 Å². The predicted octanol–water partition coefficient (Wildman–Crippen LogP) is 2.28. The Bertz CT molecular complexity index is 551. The summed E-state index contributed by atoms with van der Waals surface area (Å²) >= 11 is 0. The van der Waals surface area contributed by atoms with Crippen molar-refractivity contribution in [3.63, 3.8) is 0 Å². The molecule has 0 aliphatic carbocycles. The van der Waals surface area contributed by atoms with Gasteiger partial charge in [-0.05, 0) is 24.6 Å². The van der Waals surface area contributed by atoms with Gasteiger partial charge in [0.15, 0.2) is 0 Å². The predicted molar refractivity (Wildman–Crippen MR) is 72.0 cm³/mol. The quantitative estimate of drug-likeness (QED) is 0.815. The van der Waals surface area contributed by atoms with E-state index in [9.17, 15) is 0 Å². The van der Waals surface area contributed by atoms with Gasteiger partial charge in [0.25, 0.3) is 0 Å². The van der Waals surface area contributed by atoms with Crippen molar-refractivity contribution in [1.82, 2.24) is 14.8 Å². The van der Waals surface area contributed by atoms with Crippen LogP contribution in [0.25, 0.3) is 0 Å². The van der Waals surface area contributed by atoms with Crippen LogP contribution < -0.4 is 5.32 Å². The van der Waals surface area contributed by atoms with Gasteiger partial charge in [0.05, 0.1) is 6.54 Å². The highest BCUT2D eigenvalue weighted by Gasteiger charge is 2.03. The molecule has 2 rings (SSSR count). The van der Waals surface area contributed by atoms with Crippen LogP contribution in [0, 0.1) is 12.3 Å². The van der Waals surface area contributed by atoms with Gasteiger partial charge in [-0.15, -0.1) is 6.42 Å². The van der Waals surface area contributed by atoms with Gasteiger partial charge in [-0.3, -0.25) is 0 Å². The summed E-state index contributed by atoms with van der Waals surface area (Å²) in [6.45, 7) is 3.66. The molecule has 0 spiro atoms. The third-order valence-corrected chi connectivity index (χ3v) is 2.61. The first kappa shape index (κ1) is 12.2. The second kappa shape index (κ2) is 5.87. The molecule has 4 heteroatoms. The minimum absolute atomic E-state index is 0.647. The highest BCUT2D eigenvalue weighted by Crippen LogP contribution is 2.10. The summed E-state index contributed by atoms with van der Waals surface area (Å²) in [6, 6.07) is 7.78. The first-order valence-corrected chi connectivity index (χ1v) is 6.00. The van der Waals surface area contributed by atoms with Crippen LogP contribution in [0.1, 0.15) is 24.7 Å². The zero-order valence-corrected chi connectivity index (χ0v) is 10.4. The molecule has 0 aliphatic rings. The van der Waals surface area contributed by atoms with Gasteiger partial charge < -0.3 is 5.32 Å². The van der Waals surface area contributed by atoms with Crippen LogP contribution in [0.2, 0.25) is 0 Å². The number of benzene rings is 1. The smallest absolute Gasteiger partial charge is 0.146 e. The lowest BCUT2D eigenvalue weighted by atomic mass is 10.2. The number of terminal acetylenes is 1. The van der Waals surface area contributed by atoms with Crippen LogP contribution in [0.4, 0.5) is 5.69 Å². The van der Waals surface area contributed by atoms with Crippen LogP contribution in [0.3, 0.4) is 0 Å². The lowest BCUT2D eigenvalue weighted by molar-refractivity contribution is 0.574. The highest BCUT2D eigenvalue weighted by atomic mass is 15.3. The van der Waals surface area contributed by atoms with E-state index >= 15 is 0 Å². The maximum absolute atomic E-state index is 5.37. The molecule has 0 unspecified atom stereocenters. The minimum Gasteiger partial charge on any atom is -0.378 e. The van der Waals surface area contributed by atoms with Crippen molar-refractivity contribution in [3.8, 4) is 12.3 Å². The van der Waals surface area contributed by atoms with Gasteiger partial charge in [0.2, 0.25) is 0 Å². The van der Waals surface area contributed by atoms with Crippen molar-refractivity contribution in [2.24, 2.45) is 0 Å². The van der Waals surface area contributed by atoms with E-state index in [1.54, 1.807) is 6.33 Å². The van der Waals surface area contributed by atoms with Crippen LogP contribution in [0.15, 0.2) is 30.6 Å². The molecule has 92 valence electrons. The molecule has 0 atom stereocenters. The van der Waals surface area contributed by atoms with E-state index in [0.717, 1.165) is 30.0 Å². The van der Waals surface area contributed by atoms with E-state index in [0.29, 0.717) is 6.54 Å². The summed E-state index contributed by atoms with van der Waals surface area (Å²) in [5.74, 6) is 3.55. The molecule has 1 heterocycles. The summed E-state index contributed by atoms with van der Waals surface area (Å²) in [7, 11) is 0. The molecule has 0 saturated carbocycles. The molecule has 0 aliphatic heterocycles. The second-order valence-electron chi connectivity index (χ2n) is 3.98. The first-order valence-electron chi connectivity index (χ1n) is 6.00. The van der Waals surface area contributed by atoms with E-state index in [-0.39, 0.29) is 0 Å². The fraction of sp³-hybridized carbons (Fsp3) is 0.286. The fourth-order valence-electron chi connectivity index (χ4n) is 1.72. The lowest BCUT2D eigenvalue weighted by Gasteiger charge is -2.07. The number of aromatic nitrogens is 3. The van der Waals surface area contributed by atoms with Crippen LogP contribution in [-0.4, -0.2) is 14.8 Å². The average Bonchev–Trinajstić information content (AvgIpc) is 2.85. The maximum atomic E-state index is 5.37. The SMILES string of the molecule is C#Cc1cccc(NCc2ncnn2CCC)c1. The van der Waals surface area contributed by atoms with Crippen molar-refractivity contribution < 1.29 is 0 Å². The first-order chi connectivity index (χ1) is 8.83. The molecule has 0 amide bonds. The van der Waals surface area contributed by atoms with Gasteiger partial charge >= 0.3 is 0 Å². The Morgan fingerprint density at radius 1 is 1.44 bits per heavy atom. The monoisotopic (exact) mass is 240 g/mol. The molecule has 0 fully saturated rings. The maximum Gasteiger partial charge on any atom is 0.146 e. The number of anilines is 1. The largest absolute Gasteiger partial charge is 0.378 e. The Labute approximate surface area is 107 Å². The van der Waals surface area contributed by atoms with E-state index < -0.39 is 0 Å². The standard InChI is InChI=1S/C14H16N4/c1-3-8-18-14(16-11-17-18)10-15-13-7-5-6-12(4-2)9-13/h2,5-7,9,11,15H,3,8,10H2,1H3. The van der Waals surface area contributed by atoms with Crippen LogP contribution in [0.5, 0.6) is 0 Å².